The van der Waals surface area contributed by atoms with E-state index in [-0.39, 0.29) is 6.42 Å². The zero-order chi connectivity index (χ0) is 11.7. The monoisotopic (exact) mass is 215 g/mol. The average molecular weight is 215 g/mol. The Morgan fingerprint density at radius 1 is 1.20 bits per heavy atom. The lowest BCUT2D eigenvalue weighted by Gasteiger charge is -2.22. The Morgan fingerprint density at radius 2 is 1.73 bits per heavy atom. The minimum Gasteiger partial charge on any atom is -0.481 e. The molecule has 3 heteroatoms. The van der Waals surface area contributed by atoms with Crippen molar-refractivity contribution in [3.05, 3.63) is 0 Å². The predicted octanol–water partition coefficient (Wildman–Crippen LogP) is 2.93. The highest BCUT2D eigenvalue weighted by atomic mass is 16.4. The van der Waals surface area contributed by atoms with Gasteiger partial charge in [-0.3, -0.25) is 4.79 Å². The van der Waals surface area contributed by atoms with Crippen LogP contribution in [-0.2, 0) is 4.79 Å². The fourth-order valence-corrected chi connectivity index (χ4v) is 1.74. The fourth-order valence-electron chi connectivity index (χ4n) is 1.74. The van der Waals surface area contributed by atoms with E-state index >= 15 is 0 Å². The van der Waals surface area contributed by atoms with E-state index in [1.54, 1.807) is 0 Å². The lowest BCUT2D eigenvalue weighted by molar-refractivity contribution is -0.138. The van der Waals surface area contributed by atoms with Crippen molar-refractivity contribution in [2.24, 2.45) is 5.73 Å². The van der Waals surface area contributed by atoms with Gasteiger partial charge in [0.1, 0.15) is 0 Å². The Hall–Kier alpha value is -0.570. The van der Waals surface area contributed by atoms with Gasteiger partial charge in [-0.15, -0.1) is 0 Å². The largest absolute Gasteiger partial charge is 0.481 e. The number of nitrogens with two attached hydrogens (primary N) is 1. The first-order valence-corrected chi connectivity index (χ1v) is 5.98. The van der Waals surface area contributed by atoms with Crippen LogP contribution in [0.4, 0.5) is 0 Å². The molecule has 0 spiro atoms. The molecule has 0 amide bonds. The number of aliphatic carboxylic acids is 1. The summed E-state index contributed by atoms with van der Waals surface area (Å²) in [6.45, 7) is 4.02. The summed E-state index contributed by atoms with van der Waals surface area (Å²) in [6.07, 6.45) is 8.19. The molecule has 15 heavy (non-hydrogen) atoms. The van der Waals surface area contributed by atoms with E-state index in [0.717, 1.165) is 12.8 Å². The summed E-state index contributed by atoms with van der Waals surface area (Å²) in [4.78, 5) is 10.5. The Bertz CT molecular complexity index is 178. The normalized spacial score (nSPS) is 14.9. The maximum Gasteiger partial charge on any atom is 0.305 e. The molecule has 3 N–H and O–H groups in total. The summed E-state index contributed by atoms with van der Waals surface area (Å²) in [6, 6.07) is 0. The molecule has 0 aliphatic carbocycles. The lowest BCUT2D eigenvalue weighted by atomic mass is 9.92. The van der Waals surface area contributed by atoms with Gasteiger partial charge in [0.2, 0.25) is 0 Å². The average Bonchev–Trinajstić information content (AvgIpc) is 2.08. The van der Waals surface area contributed by atoms with Gasteiger partial charge in [0.15, 0.2) is 0 Å². The van der Waals surface area contributed by atoms with Gasteiger partial charge in [-0.1, -0.05) is 45.4 Å². The van der Waals surface area contributed by atoms with E-state index in [9.17, 15) is 4.79 Å². The maximum absolute atomic E-state index is 10.5. The molecule has 1 atom stereocenters. The third-order valence-electron chi connectivity index (χ3n) is 2.66. The van der Waals surface area contributed by atoms with Crippen LogP contribution in [0.1, 0.15) is 65.2 Å². The number of carbonyl (C=O) groups is 1. The van der Waals surface area contributed by atoms with Crippen LogP contribution >= 0.6 is 0 Å². The molecule has 0 bridgehead atoms. The van der Waals surface area contributed by atoms with Gasteiger partial charge in [-0.05, 0) is 13.3 Å². The molecule has 0 aromatic rings. The number of carboxylic acids is 1. The van der Waals surface area contributed by atoms with Gasteiger partial charge >= 0.3 is 5.97 Å². The van der Waals surface area contributed by atoms with Crippen molar-refractivity contribution in [2.75, 3.05) is 0 Å². The number of hydrogen-bond donors (Lipinski definition) is 2. The second kappa shape index (κ2) is 7.69. The summed E-state index contributed by atoms with van der Waals surface area (Å²) in [5.41, 5.74) is 5.35. The Balaban J connectivity index is 3.44. The van der Waals surface area contributed by atoms with Crippen LogP contribution < -0.4 is 5.73 Å². The second-order valence-corrected chi connectivity index (χ2v) is 4.74. The molecule has 0 fully saturated rings. The molecule has 0 heterocycles. The number of rotatable bonds is 9. The zero-order valence-electron chi connectivity index (χ0n) is 10.1. The molecule has 0 aromatic heterocycles. The maximum atomic E-state index is 10.5. The minimum absolute atomic E-state index is 0.0714. The molecule has 0 aromatic carbocycles. The van der Waals surface area contributed by atoms with E-state index < -0.39 is 11.5 Å². The van der Waals surface area contributed by atoms with Crippen molar-refractivity contribution >= 4 is 5.97 Å². The molecular formula is C12H25NO2. The van der Waals surface area contributed by atoms with Gasteiger partial charge in [0.25, 0.3) is 0 Å². The molecule has 0 saturated carbocycles. The van der Waals surface area contributed by atoms with E-state index in [4.69, 9.17) is 10.8 Å². The Labute approximate surface area is 93.0 Å². The highest BCUT2D eigenvalue weighted by Gasteiger charge is 2.21. The van der Waals surface area contributed by atoms with Crippen LogP contribution in [0, 0.1) is 0 Å². The van der Waals surface area contributed by atoms with Crippen molar-refractivity contribution in [1.82, 2.24) is 0 Å². The molecular weight excluding hydrogens is 190 g/mol. The highest BCUT2D eigenvalue weighted by molar-refractivity contribution is 5.68. The second-order valence-electron chi connectivity index (χ2n) is 4.74. The first-order chi connectivity index (χ1) is 6.98. The first kappa shape index (κ1) is 14.4. The van der Waals surface area contributed by atoms with Gasteiger partial charge in [-0.25, -0.2) is 0 Å². The van der Waals surface area contributed by atoms with Gasteiger partial charge < -0.3 is 10.8 Å². The summed E-state index contributed by atoms with van der Waals surface area (Å²) >= 11 is 0. The zero-order valence-corrected chi connectivity index (χ0v) is 10.1. The van der Waals surface area contributed by atoms with E-state index in [1.807, 2.05) is 6.92 Å². The molecule has 1 unspecified atom stereocenters. The van der Waals surface area contributed by atoms with Crippen LogP contribution in [0.2, 0.25) is 0 Å². The summed E-state index contributed by atoms with van der Waals surface area (Å²) in [7, 11) is 0. The van der Waals surface area contributed by atoms with Crippen molar-refractivity contribution in [3.63, 3.8) is 0 Å². The Morgan fingerprint density at radius 3 is 2.27 bits per heavy atom. The van der Waals surface area contributed by atoms with Crippen molar-refractivity contribution in [2.45, 2.75) is 70.8 Å². The molecule has 0 aliphatic rings. The summed E-state index contributed by atoms with van der Waals surface area (Å²) in [5.74, 6) is -0.800. The van der Waals surface area contributed by atoms with Gasteiger partial charge in [0.05, 0.1) is 6.42 Å². The molecule has 3 nitrogen and oxygen atoms in total. The van der Waals surface area contributed by atoms with E-state index in [2.05, 4.69) is 6.92 Å². The van der Waals surface area contributed by atoms with E-state index in [0.29, 0.717) is 0 Å². The van der Waals surface area contributed by atoms with Crippen LogP contribution in [0.3, 0.4) is 0 Å². The number of unbranched alkanes of at least 4 members (excludes halogenated alkanes) is 5. The smallest absolute Gasteiger partial charge is 0.305 e. The molecule has 0 saturated heterocycles. The van der Waals surface area contributed by atoms with Gasteiger partial charge in [0, 0.05) is 5.54 Å². The lowest BCUT2D eigenvalue weighted by Crippen LogP contribution is -2.38. The highest BCUT2D eigenvalue weighted by Crippen LogP contribution is 2.16. The van der Waals surface area contributed by atoms with Gasteiger partial charge in [-0.2, -0.15) is 0 Å². The van der Waals surface area contributed by atoms with Crippen molar-refractivity contribution < 1.29 is 9.90 Å². The van der Waals surface area contributed by atoms with Crippen molar-refractivity contribution in [3.8, 4) is 0 Å². The number of carboxylic acid groups (broad SMARTS) is 1. The minimum atomic E-state index is -0.800. The number of hydrogen-bond acceptors (Lipinski definition) is 2. The molecule has 90 valence electrons. The SMILES string of the molecule is CCCCCCCCC(C)(N)CC(=O)O. The third-order valence-corrected chi connectivity index (χ3v) is 2.66. The van der Waals surface area contributed by atoms with Crippen LogP contribution in [0.25, 0.3) is 0 Å². The van der Waals surface area contributed by atoms with Crippen LogP contribution in [-0.4, -0.2) is 16.6 Å². The van der Waals surface area contributed by atoms with E-state index in [1.165, 1.54) is 32.1 Å². The fraction of sp³-hybridized carbons (Fsp3) is 0.917. The topological polar surface area (TPSA) is 63.3 Å². The Kier molecular flexibility index (Phi) is 7.39. The standard InChI is InChI=1S/C12H25NO2/c1-3-4-5-6-7-8-9-12(2,13)10-11(14)15/h3-10,13H2,1-2H3,(H,14,15). The first-order valence-electron chi connectivity index (χ1n) is 5.98. The summed E-state index contributed by atoms with van der Waals surface area (Å²) in [5, 5.41) is 8.64. The van der Waals surface area contributed by atoms with Crippen LogP contribution in [0.15, 0.2) is 0 Å². The molecule has 0 radical (unpaired) electrons. The van der Waals surface area contributed by atoms with Crippen molar-refractivity contribution in [1.29, 1.82) is 0 Å². The molecule has 0 rings (SSSR count). The summed E-state index contributed by atoms with van der Waals surface area (Å²) < 4.78 is 0. The quantitative estimate of drug-likeness (QED) is 0.581. The molecule has 0 aliphatic heterocycles. The third kappa shape index (κ3) is 9.73. The van der Waals surface area contributed by atoms with Crippen LogP contribution in [0.5, 0.6) is 0 Å². The predicted molar refractivity (Wildman–Crippen MR) is 62.8 cm³/mol.